The monoisotopic (exact) mass is 536 g/mol. The number of ether oxygens (including phenoxy) is 1. The second-order valence-corrected chi connectivity index (χ2v) is 11.3. The molecule has 1 fully saturated rings. The molecule has 0 aliphatic carbocycles. The molecule has 2 amide bonds. The first-order chi connectivity index (χ1) is 18.6. The highest BCUT2D eigenvalue weighted by Gasteiger charge is 2.27. The second kappa shape index (κ2) is 12.9. The van der Waals surface area contributed by atoms with E-state index in [-0.39, 0.29) is 12.0 Å². The number of carbonyl (C=O) groups excluding carboxylic acids is 2. The Hall–Kier alpha value is -3.76. The average Bonchev–Trinajstić information content (AvgIpc) is 3.54. The fraction of sp³-hybridized carbons (Fsp3) is 0.571. The normalized spacial score (nSPS) is 14.4. The molecular formula is C28H40N8O3. The van der Waals surface area contributed by atoms with Gasteiger partial charge in [0.25, 0.3) is 5.91 Å². The Labute approximate surface area is 229 Å². The van der Waals surface area contributed by atoms with Crippen molar-refractivity contribution >= 4 is 12.0 Å². The van der Waals surface area contributed by atoms with Crippen LogP contribution >= 0.6 is 0 Å². The molecule has 0 atom stereocenters. The molecule has 0 spiro atoms. The maximum Gasteiger partial charge on any atom is 0.410 e. The number of aromatic nitrogens is 6. The summed E-state index contributed by atoms with van der Waals surface area (Å²) in [5.74, 6) is 0.239. The van der Waals surface area contributed by atoms with Crippen molar-refractivity contribution in [1.82, 2.24) is 40.2 Å². The minimum atomic E-state index is -0.470. The van der Waals surface area contributed by atoms with Gasteiger partial charge in [0, 0.05) is 38.9 Å². The summed E-state index contributed by atoms with van der Waals surface area (Å²) in [5.41, 5.74) is 3.03. The number of piperidine rings is 1. The molecule has 0 bridgehead atoms. The van der Waals surface area contributed by atoms with Crippen LogP contribution in [0, 0.1) is 12.8 Å². The smallest absolute Gasteiger partial charge is 0.410 e. The molecule has 2 aromatic heterocycles. The number of benzene rings is 1. The average molecular weight is 537 g/mol. The van der Waals surface area contributed by atoms with Crippen LogP contribution in [0.25, 0.3) is 0 Å². The highest BCUT2D eigenvalue weighted by molar-refractivity contribution is 5.91. The predicted molar refractivity (Wildman–Crippen MR) is 146 cm³/mol. The molecule has 11 heteroatoms. The van der Waals surface area contributed by atoms with Crippen molar-refractivity contribution < 1.29 is 14.3 Å². The van der Waals surface area contributed by atoms with E-state index in [1.807, 2.05) is 62.8 Å². The molecule has 3 heterocycles. The first-order valence-electron chi connectivity index (χ1n) is 13.8. The van der Waals surface area contributed by atoms with Gasteiger partial charge < -0.3 is 15.0 Å². The minimum absolute atomic E-state index is 0.227. The van der Waals surface area contributed by atoms with E-state index >= 15 is 0 Å². The zero-order valence-electron chi connectivity index (χ0n) is 23.5. The van der Waals surface area contributed by atoms with Crippen molar-refractivity contribution in [3.63, 3.8) is 0 Å². The molecule has 210 valence electrons. The number of nitrogens with zero attached hydrogens (tertiary/aromatic N) is 7. The molecule has 1 aliphatic rings. The topological polar surface area (TPSA) is 120 Å². The third kappa shape index (κ3) is 8.90. The number of rotatable bonds is 10. The number of amides is 2. The van der Waals surface area contributed by atoms with Crippen LogP contribution in [0.4, 0.5) is 4.79 Å². The van der Waals surface area contributed by atoms with E-state index < -0.39 is 5.60 Å². The number of nitrogens with one attached hydrogen (secondary N) is 1. The van der Waals surface area contributed by atoms with E-state index in [9.17, 15) is 9.59 Å². The van der Waals surface area contributed by atoms with E-state index in [2.05, 4.69) is 25.9 Å². The van der Waals surface area contributed by atoms with Gasteiger partial charge in [-0.25, -0.2) is 4.79 Å². The van der Waals surface area contributed by atoms with Gasteiger partial charge in [-0.1, -0.05) is 40.3 Å². The number of carbonyl (C=O) groups is 2. The molecule has 0 radical (unpaired) electrons. The van der Waals surface area contributed by atoms with Crippen LogP contribution in [0.1, 0.15) is 73.8 Å². The van der Waals surface area contributed by atoms with Crippen molar-refractivity contribution in [2.75, 3.05) is 13.1 Å². The second-order valence-electron chi connectivity index (χ2n) is 11.3. The van der Waals surface area contributed by atoms with Crippen molar-refractivity contribution in [1.29, 1.82) is 0 Å². The number of hydrogen-bond acceptors (Lipinski definition) is 7. The third-order valence-corrected chi connectivity index (χ3v) is 6.67. The van der Waals surface area contributed by atoms with E-state index in [4.69, 9.17) is 4.74 Å². The Bertz CT molecular complexity index is 1240. The molecular weight excluding hydrogens is 496 g/mol. The molecule has 1 aliphatic heterocycles. The molecule has 39 heavy (non-hydrogen) atoms. The molecule has 0 saturated carbocycles. The summed E-state index contributed by atoms with van der Waals surface area (Å²) in [7, 11) is 0. The Kier molecular flexibility index (Phi) is 9.32. The number of hydrogen-bond donors (Lipinski definition) is 1. The lowest BCUT2D eigenvalue weighted by Gasteiger charge is -2.33. The summed E-state index contributed by atoms with van der Waals surface area (Å²) in [6.07, 6.45) is 7.99. The van der Waals surface area contributed by atoms with Gasteiger partial charge in [0.15, 0.2) is 5.69 Å². The molecule has 11 nitrogen and oxygen atoms in total. The van der Waals surface area contributed by atoms with Gasteiger partial charge in [-0.3, -0.25) is 14.2 Å². The van der Waals surface area contributed by atoms with Crippen molar-refractivity contribution in [2.24, 2.45) is 5.92 Å². The van der Waals surface area contributed by atoms with E-state index in [1.54, 1.807) is 15.8 Å². The number of aryl methyl sites for hydroxylation is 3. The van der Waals surface area contributed by atoms with Gasteiger partial charge in [0.2, 0.25) is 0 Å². The lowest BCUT2D eigenvalue weighted by atomic mass is 9.97. The molecule has 1 saturated heterocycles. The summed E-state index contributed by atoms with van der Waals surface area (Å²) in [5, 5.41) is 19.6. The van der Waals surface area contributed by atoms with Crippen molar-refractivity contribution in [3.05, 3.63) is 59.2 Å². The lowest BCUT2D eigenvalue weighted by Crippen LogP contribution is -2.42. The van der Waals surface area contributed by atoms with Crippen LogP contribution < -0.4 is 5.32 Å². The number of likely N-dealkylation sites (tertiary alicyclic amines) is 1. The van der Waals surface area contributed by atoms with Gasteiger partial charge in [-0.05, 0) is 71.3 Å². The largest absolute Gasteiger partial charge is 0.444 e. The molecule has 4 rings (SSSR count). The molecule has 1 aromatic carbocycles. The Morgan fingerprint density at radius 3 is 2.56 bits per heavy atom. The van der Waals surface area contributed by atoms with E-state index in [0.29, 0.717) is 37.8 Å². The summed E-state index contributed by atoms with van der Waals surface area (Å²) in [6, 6.07) is 8.04. The number of unbranched alkanes of at least 4 members (excludes halogenated alkanes) is 1. The fourth-order valence-corrected chi connectivity index (χ4v) is 4.62. The lowest BCUT2D eigenvalue weighted by molar-refractivity contribution is 0.0177. The highest BCUT2D eigenvalue weighted by atomic mass is 16.6. The Balaban J connectivity index is 1.12. The third-order valence-electron chi connectivity index (χ3n) is 6.67. The maximum atomic E-state index is 12.4. The maximum absolute atomic E-state index is 12.4. The molecule has 1 N–H and O–H groups in total. The molecule has 3 aromatic rings. The summed E-state index contributed by atoms with van der Waals surface area (Å²) < 4.78 is 9.11. The summed E-state index contributed by atoms with van der Waals surface area (Å²) >= 11 is 0. The van der Waals surface area contributed by atoms with Crippen molar-refractivity contribution in [2.45, 2.75) is 85.0 Å². The van der Waals surface area contributed by atoms with Crippen LogP contribution in [0.15, 0.2) is 36.7 Å². The zero-order valence-corrected chi connectivity index (χ0v) is 23.5. The first-order valence-corrected chi connectivity index (χ1v) is 13.8. The summed E-state index contributed by atoms with van der Waals surface area (Å²) in [4.78, 5) is 26.5. The zero-order chi connectivity index (χ0) is 27.8. The van der Waals surface area contributed by atoms with Gasteiger partial charge in [-0.15, -0.1) is 10.2 Å². The van der Waals surface area contributed by atoms with Gasteiger partial charge in [0.05, 0.1) is 11.9 Å². The summed E-state index contributed by atoms with van der Waals surface area (Å²) in [6.45, 7) is 11.1. The predicted octanol–water partition coefficient (Wildman–Crippen LogP) is 3.78. The minimum Gasteiger partial charge on any atom is -0.444 e. The standard InChI is InChI=1S/C28H40N8O3/c1-21-8-7-9-23(16-21)17-29-26(37)25-20-35(33-31-25)13-6-5-10-24-19-36(32-30-24)18-22-11-14-34(15-12-22)27(38)39-28(2,3)4/h7-9,16,19-20,22H,5-6,10-15,17-18H2,1-4H3,(H,29,37). The molecule has 0 unspecified atom stereocenters. The van der Waals surface area contributed by atoms with Gasteiger partial charge >= 0.3 is 6.09 Å². The van der Waals surface area contributed by atoms with Gasteiger partial charge in [0.1, 0.15) is 5.60 Å². The van der Waals surface area contributed by atoms with Crippen LogP contribution in [0.2, 0.25) is 0 Å². The quantitative estimate of drug-likeness (QED) is 0.392. The van der Waals surface area contributed by atoms with Crippen LogP contribution in [0.5, 0.6) is 0 Å². The van der Waals surface area contributed by atoms with Crippen LogP contribution in [-0.4, -0.2) is 65.6 Å². The van der Waals surface area contributed by atoms with Crippen LogP contribution in [-0.2, 0) is 30.8 Å². The van der Waals surface area contributed by atoms with E-state index in [0.717, 1.165) is 55.5 Å². The van der Waals surface area contributed by atoms with Gasteiger partial charge in [-0.2, -0.15) is 0 Å². The Morgan fingerprint density at radius 2 is 1.82 bits per heavy atom. The van der Waals surface area contributed by atoms with Crippen molar-refractivity contribution in [3.8, 4) is 0 Å². The first kappa shape index (κ1) is 28.3. The van der Waals surface area contributed by atoms with Crippen LogP contribution in [0.3, 0.4) is 0 Å². The Morgan fingerprint density at radius 1 is 1.05 bits per heavy atom. The fourth-order valence-electron chi connectivity index (χ4n) is 4.62. The SMILES string of the molecule is Cc1cccc(CNC(=O)c2cn(CCCCc3cn(CC4CCN(C(=O)OC(C)(C)C)CC4)nn3)nn2)c1. The van der Waals surface area contributed by atoms with E-state index in [1.165, 1.54) is 0 Å². The highest BCUT2D eigenvalue weighted by Crippen LogP contribution is 2.21.